The van der Waals surface area contributed by atoms with Crippen LogP contribution in [0.1, 0.15) is 39.8 Å². The predicted octanol–water partition coefficient (Wildman–Crippen LogP) is 2.26. The number of pyridine rings is 1. The Labute approximate surface area is 130 Å². The van der Waals surface area contributed by atoms with Crippen molar-refractivity contribution in [3.63, 3.8) is 0 Å². The van der Waals surface area contributed by atoms with Crippen molar-refractivity contribution in [3.8, 4) is 0 Å². The first-order valence-corrected chi connectivity index (χ1v) is 7.87. The van der Waals surface area contributed by atoms with Crippen LogP contribution in [0, 0.1) is 6.92 Å². The third-order valence-corrected chi connectivity index (χ3v) is 4.71. The summed E-state index contributed by atoms with van der Waals surface area (Å²) in [4.78, 5) is 16.6. The smallest absolute Gasteiger partial charge is 0.259 e. The molecule has 0 radical (unpaired) electrons. The monoisotopic (exact) mass is 314 g/mol. The van der Waals surface area contributed by atoms with E-state index in [9.17, 15) is 4.79 Å². The molecule has 1 amide bonds. The molecule has 1 aliphatic carbocycles. The minimum Gasteiger partial charge on any atom is -0.296 e. The van der Waals surface area contributed by atoms with Crippen LogP contribution in [0.4, 0.5) is 5.13 Å². The van der Waals surface area contributed by atoms with Gasteiger partial charge in [-0.1, -0.05) is 11.3 Å². The van der Waals surface area contributed by atoms with E-state index in [0.717, 1.165) is 21.7 Å². The molecule has 0 spiro atoms. The molecule has 0 unspecified atom stereocenters. The second-order valence-electron chi connectivity index (χ2n) is 5.48. The van der Waals surface area contributed by atoms with Gasteiger partial charge in [-0.15, -0.1) is 10.2 Å². The Morgan fingerprint density at radius 3 is 3.00 bits per heavy atom. The summed E-state index contributed by atoms with van der Waals surface area (Å²) in [5.41, 5.74) is 2.11. The fourth-order valence-electron chi connectivity index (χ4n) is 2.38. The van der Waals surface area contributed by atoms with Gasteiger partial charge in [-0.3, -0.25) is 14.8 Å². The SMILES string of the molecule is Cc1nn(C)c2ncc(C(=O)Nc3nnc(C4CC4)s3)cc12. The lowest BCUT2D eigenvalue weighted by Gasteiger charge is -2.01. The van der Waals surface area contributed by atoms with Gasteiger partial charge in [0.15, 0.2) is 5.65 Å². The molecule has 1 fully saturated rings. The first-order chi connectivity index (χ1) is 10.6. The molecule has 0 atom stereocenters. The lowest BCUT2D eigenvalue weighted by molar-refractivity contribution is 0.102. The minimum atomic E-state index is -0.226. The standard InChI is InChI=1S/C14H14N6OS/c1-7-10-5-9(6-15-11(10)20(2)19-7)12(21)16-14-18-17-13(22-14)8-3-4-8/h5-6,8H,3-4H2,1-2H3,(H,16,18,21). The summed E-state index contributed by atoms with van der Waals surface area (Å²) in [7, 11) is 1.84. The zero-order chi connectivity index (χ0) is 15.3. The van der Waals surface area contributed by atoms with Crippen LogP contribution in [0.2, 0.25) is 0 Å². The maximum atomic E-state index is 12.3. The zero-order valence-corrected chi connectivity index (χ0v) is 13.0. The normalized spacial score (nSPS) is 14.5. The molecule has 0 aliphatic heterocycles. The zero-order valence-electron chi connectivity index (χ0n) is 12.2. The quantitative estimate of drug-likeness (QED) is 0.801. The highest BCUT2D eigenvalue weighted by atomic mass is 32.1. The van der Waals surface area contributed by atoms with Crippen molar-refractivity contribution in [1.29, 1.82) is 0 Å². The Hall–Kier alpha value is -2.35. The van der Waals surface area contributed by atoms with Crippen LogP contribution in [-0.2, 0) is 7.05 Å². The Balaban J connectivity index is 1.59. The third-order valence-electron chi connectivity index (χ3n) is 3.71. The van der Waals surface area contributed by atoms with Gasteiger partial charge in [-0.25, -0.2) is 4.98 Å². The molecule has 112 valence electrons. The van der Waals surface area contributed by atoms with Crippen molar-refractivity contribution in [1.82, 2.24) is 25.0 Å². The van der Waals surface area contributed by atoms with Crippen LogP contribution in [0.5, 0.6) is 0 Å². The van der Waals surface area contributed by atoms with E-state index >= 15 is 0 Å². The second-order valence-corrected chi connectivity index (χ2v) is 6.49. The van der Waals surface area contributed by atoms with Crippen molar-refractivity contribution in [2.24, 2.45) is 7.05 Å². The number of hydrogen-bond donors (Lipinski definition) is 1. The van der Waals surface area contributed by atoms with Gasteiger partial charge < -0.3 is 0 Å². The Kier molecular flexibility index (Phi) is 2.93. The van der Waals surface area contributed by atoms with Gasteiger partial charge in [0.05, 0.1) is 11.3 Å². The number of aromatic nitrogens is 5. The number of nitrogens with one attached hydrogen (secondary N) is 1. The van der Waals surface area contributed by atoms with Gasteiger partial charge in [0.25, 0.3) is 5.91 Å². The molecule has 3 aromatic rings. The summed E-state index contributed by atoms with van der Waals surface area (Å²) in [6, 6.07) is 1.81. The van der Waals surface area contributed by atoms with E-state index < -0.39 is 0 Å². The number of fused-ring (bicyclic) bond motifs is 1. The summed E-state index contributed by atoms with van der Waals surface area (Å²) in [5.74, 6) is 0.315. The summed E-state index contributed by atoms with van der Waals surface area (Å²) in [6.45, 7) is 1.90. The fraction of sp³-hybridized carbons (Fsp3) is 0.357. The lowest BCUT2D eigenvalue weighted by atomic mass is 10.2. The van der Waals surface area contributed by atoms with Gasteiger partial charge in [-0.2, -0.15) is 5.10 Å². The van der Waals surface area contributed by atoms with Gasteiger partial charge in [0, 0.05) is 24.5 Å². The highest BCUT2D eigenvalue weighted by molar-refractivity contribution is 7.15. The molecule has 1 saturated carbocycles. The Morgan fingerprint density at radius 2 is 2.23 bits per heavy atom. The molecular weight excluding hydrogens is 300 g/mol. The minimum absolute atomic E-state index is 0.226. The summed E-state index contributed by atoms with van der Waals surface area (Å²) in [5, 5.41) is 17.7. The maximum absolute atomic E-state index is 12.3. The summed E-state index contributed by atoms with van der Waals surface area (Å²) in [6.07, 6.45) is 3.90. The summed E-state index contributed by atoms with van der Waals surface area (Å²) >= 11 is 1.45. The maximum Gasteiger partial charge on any atom is 0.259 e. The molecule has 0 saturated heterocycles. The predicted molar refractivity (Wildman–Crippen MR) is 83.1 cm³/mol. The van der Waals surface area contributed by atoms with Crippen molar-refractivity contribution in [2.75, 3.05) is 5.32 Å². The molecule has 1 N–H and O–H groups in total. The van der Waals surface area contributed by atoms with Crippen LogP contribution in [0.3, 0.4) is 0 Å². The number of hydrogen-bond acceptors (Lipinski definition) is 6. The topological polar surface area (TPSA) is 85.6 Å². The van der Waals surface area contributed by atoms with E-state index in [2.05, 4.69) is 25.6 Å². The van der Waals surface area contributed by atoms with Gasteiger partial charge in [-0.05, 0) is 25.8 Å². The highest BCUT2D eigenvalue weighted by Crippen LogP contribution is 2.42. The van der Waals surface area contributed by atoms with Crippen LogP contribution in [0.25, 0.3) is 11.0 Å². The number of carbonyl (C=O) groups is 1. The van der Waals surface area contributed by atoms with Gasteiger partial charge in [0.1, 0.15) is 5.01 Å². The van der Waals surface area contributed by atoms with E-state index in [1.54, 1.807) is 10.9 Å². The second kappa shape index (κ2) is 4.84. The Morgan fingerprint density at radius 1 is 1.41 bits per heavy atom. The molecule has 0 aromatic carbocycles. The molecule has 3 heterocycles. The summed E-state index contributed by atoms with van der Waals surface area (Å²) < 4.78 is 1.71. The van der Waals surface area contributed by atoms with Crippen molar-refractivity contribution >= 4 is 33.4 Å². The number of aryl methyl sites for hydroxylation is 2. The third kappa shape index (κ3) is 2.25. The van der Waals surface area contributed by atoms with Crippen LogP contribution in [-0.4, -0.2) is 30.9 Å². The van der Waals surface area contributed by atoms with Crippen LogP contribution >= 0.6 is 11.3 Å². The highest BCUT2D eigenvalue weighted by Gasteiger charge is 2.27. The molecule has 7 nitrogen and oxygen atoms in total. The van der Waals surface area contributed by atoms with Crippen LogP contribution < -0.4 is 5.32 Å². The first kappa shape index (κ1) is 13.3. The number of rotatable bonds is 3. The molecule has 0 bridgehead atoms. The van der Waals surface area contributed by atoms with E-state index in [4.69, 9.17) is 0 Å². The fourth-order valence-corrected chi connectivity index (χ4v) is 3.29. The molecule has 1 aliphatic rings. The number of carbonyl (C=O) groups excluding carboxylic acids is 1. The Bertz CT molecular complexity index is 879. The molecule has 8 heteroatoms. The largest absolute Gasteiger partial charge is 0.296 e. The van der Waals surface area contributed by atoms with Crippen molar-refractivity contribution in [2.45, 2.75) is 25.7 Å². The van der Waals surface area contributed by atoms with Crippen molar-refractivity contribution < 1.29 is 4.79 Å². The number of amides is 1. The molecule has 4 rings (SSSR count). The van der Waals surface area contributed by atoms with Gasteiger partial charge >= 0.3 is 0 Å². The van der Waals surface area contributed by atoms with E-state index in [1.807, 2.05) is 20.0 Å². The van der Waals surface area contributed by atoms with E-state index in [1.165, 1.54) is 24.2 Å². The lowest BCUT2D eigenvalue weighted by Crippen LogP contribution is -2.12. The van der Waals surface area contributed by atoms with Crippen molar-refractivity contribution in [3.05, 3.63) is 28.5 Å². The first-order valence-electron chi connectivity index (χ1n) is 7.06. The van der Waals surface area contributed by atoms with E-state index in [-0.39, 0.29) is 5.91 Å². The number of anilines is 1. The molecular formula is C14H14N6OS. The molecule has 3 aromatic heterocycles. The number of nitrogens with zero attached hydrogens (tertiary/aromatic N) is 5. The average Bonchev–Trinajstić information content (AvgIpc) is 3.19. The van der Waals surface area contributed by atoms with E-state index in [0.29, 0.717) is 16.6 Å². The molecule has 22 heavy (non-hydrogen) atoms. The van der Waals surface area contributed by atoms with Crippen LogP contribution in [0.15, 0.2) is 12.3 Å². The average molecular weight is 314 g/mol. The van der Waals surface area contributed by atoms with Gasteiger partial charge in [0.2, 0.25) is 5.13 Å².